The Bertz CT molecular complexity index is 443. The van der Waals surface area contributed by atoms with Crippen LogP contribution in [0.4, 0.5) is 0 Å². The van der Waals surface area contributed by atoms with E-state index in [4.69, 9.17) is 4.98 Å². The summed E-state index contributed by atoms with van der Waals surface area (Å²) in [5.74, 6) is 0.770. The van der Waals surface area contributed by atoms with Gasteiger partial charge in [-0.25, -0.2) is 4.98 Å². The highest BCUT2D eigenvalue weighted by Gasteiger charge is 2.30. The molecule has 0 aromatic carbocycles. The molecule has 0 atom stereocenters. The lowest BCUT2D eigenvalue weighted by Gasteiger charge is -2.15. The Morgan fingerprint density at radius 2 is 1.86 bits per heavy atom. The van der Waals surface area contributed by atoms with Crippen LogP contribution in [0.1, 0.15) is 73.9 Å². The van der Waals surface area contributed by atoms with Crippen LogP contribution in [0.3, 0.4) is 0 Å². The van der Waals surface area contributed by atoms with Gasteiger partial charge in [-0.05, 0) is 38.8 Å². The zero-order valence-corrected chi connectivity index (χ0v) is 14.3. The molecular formula is C17H29N3S. The second kappa shape index (κ2) is 7.21. The Labute approximate surface area is 133 Å². The fourth-order valence-electron chi connectivity index (χ4n) is 3.29. The van der Waals surface area contributed by atoms with Crippen molar-refractivity contribution in [2.45, 2.75) is 77.4 Å². The molecule has 4 heteroatoms. The summed E-state index contributed by atoms with van der Waals surface area (Å²) in [5, 5.41) is 5.10. The van der Waals surface area contributed by atoms with Crippen molar-refractivity contribution < 1.29 is 0 Å². The minimum atomic E-state index is 0.755. The van der Waals surface area contributed by atoms with Crippen LogP contribution >= 0.6 is 11.3 Å². The molecule has 2 aliphatic carbocycles. The van der Waals surface area contributed by atoms with Gasteiger partial charge in [0, 0.05) is 23.4 Å². The molecule has 2 saturated carbocycles. The zero-order chi connectivity index (χ0) is 14.7. The molecule has 1 heterocycles. The van der Waals surface area contributed by atoms with E-state index < -0.39 is 0 Å². The molecular weight excluding hydrogens is 278 g/mol. The Hall–Kier alpha value is -0.450. The molecule has 3 nitrogen and oxygen atoms in total. The largest absolute Gasteiger partial charge is 0.309 e. The molecule has 1 aromatic heterocycles. The monoisotopic (exact) mass is 307 g/mol. The summed E-state index contributed by atoms with van der Waals surface area (Å²) < 4.78 is 0. The quantitative estimate of drug-likeness (QED) is 0.789. The van der Waals surface area contributed by atoms with Gasteiger partial charge in [-0.2, -0.15) is 0 Å². The maximum Gasteiger partial charge on any atom is 0.107 e. The van der Waals surface area contributed by atoms with E-state index in [9.17, 15) is 0 Å². The molecule has 2 fully saturated rings. The van der Waals surface area contributed by atoms with E-state index in [1.807, 2.05) is 11.3 Å². The summed E-state index contributed by atoms with van der Waals surface area (Å²) >= 11 is 1.95. The van der Waals surface area contributed by atoms with Gasteiger partial charge >= 0.3 is 0 Å². The first-order valence-electron chi connectivity index (χ1n) is 8.74. The fourth-order valence-corrected chi connectivity index (χ4v) is 4.44. The van der Waals surface area contributed by atoms with E-state index in [1.54, 1.807) is 0 Å². The van der Waals surface area contributed by atoms with Crippen molar-refractivity contribution in [3.05, 3.63) is 15.6 Å². The zero-order valence-electron chi connectivity index (χ0n) is 13.5. The highest BCUT2D eigenvalue weighted by atomic mass is 32.1. The number of aromatic nitrogens is 1. The Morgan fingerprint density at radius 3 is 2.48 bits per heavy atom. The fraction of sp³-hybridized carbons (Fsp3) is 0.824. The minimum Gasteiger partial charge on any atom is -0.309 e. The molecule has 0 unspecified atom stereocenters. The molecule has 2 aliphatic rings. The number of rotatable bonds is 8. The third-order valence-electron chi connectivity index (χ3n) is 4.90. The molecule has 21 heavy (non-hydrogen) atoms. The topological polar surface area (TPSA) is 28.2 Å². The molecule has 118 valence electrons. The average Bonchev–Trinajstić information content (AvgIpc) is 3.06. The smallest absolute Gasteiger partial charge is 0.107 e. The number of hydrogen-bond donors (Lipinski definition) is 1. The number of thiazole rings is 1. The van der Waals surface area contributed by atoms with Crippen molar-refractivity contribution in [3.63, 3.8) is 0 Å². The van der Waals surface area contributed by atoms with Gasteiger partial charge in [0.1, 0.15) is 5.01 Å². The SMILES string of the molecule is CCN(CC)Cc1nc(C2CC2)c(CNC2CCCC2)s1. The van der Waals surface area contributed by atoms with Gasteiger partial charge in [0.15, 0.2) is 0 Å². The Balaban J connectivity index is 1.64. The highest BCUT2D eigenvalue weighted by Crippen LogP contribution is 2.42. The molecule has 0 aliphatic heterocycles. The van der Waals surface area contributed by atoms with E-state index in [1.165, 1.54) is 54.1 Å². The molecule has 0 spiro atoms. The standard InChI is InChI=1S/C17H29N3S/c1-3-20(4-2)12-16-19-17(13-9-10-13)15(21-16)11-18-14-7-5-6-8-14/h13-14,18H,3-12H2,1-2H3. The molecule has 0 radical (unpaired) electrons. The van der Waals surface area contributed by atoms with E-state index in [0.717, 1.165) is 38.1 Å². The lowest BCUT2D eigenvalue weighted by Crippen LogP contribution is -2.25. The van der Waals surface area contributed by atoms with Gasteiger partial charge in [0.05, 0.1) is 12.2 Å². The first-order valence-corrected chi connectivity index (χ1v) is 9.56. The summed E-state index contributed by atoms with van der Waals surface area (Å²) in [6.45, 7) is 8.78. The lowest BCUT2D eigenvalue weighted by atomic mass is 10.2. The van der Waals surface area contributed by atoms with Crippen LogP contribution in [-0.4, -0.2) is 29.0 Å². The van der Waals surface area contributed by atoms with Crippen LogP contribution in [0.25, 0.3) is 0 Å². The van der Waals surface area contributed by atoms with Gasteiger partial charge in [0.2, 0.25) is 0 Å². The first-order chi connectivity index (χ1) is 10.3. The number of nitrogens with one attached hydrogen (secondary N) is 1. The third kappa shape index (κ3) is 4.05. The predicted octanol–water partition coefficient (Wildman–Crippen LogP) is 3.89. The Kier molecular flexibility index (Phi) is 5.30. The van der Waals surface area contributed by atoms with Gasteiger partial charge in [0.25, 0.3) is 0 Å². The molecule has 0 saturated heterocycles. The van der Waals surface area contributed by atoms with Gasteiger partial charge in [-0.3, -0.25) is 4.90 Å². The first kappa shape index (κ1) is 15.4. The molecule has 3 rings (SSSR count). The van der Waals surface area contributed by atoms with Crippen molar-refractivity contribution in [3.8, 4) is 0 Å². The van der Waals surface area contributed by atoms with Gasteiger partial charge in [-0.1, -0.05) is 26.7 Å². The maximum atomic E-state index is 4.99. The molecule has 0 bridgehead atoms. The van der Waals surface area contributed by atoms with Crippen molar-refractivity contribution >= 4 is 11.3 Å². The number of hydrogen-bond acceptors (Lipinski definition) is 4. The number of nitrogens with zero attached hydrogens (tertiary/aromatic N) is 2. The lowest BCUT2D eigenvalue weighted by molar-refractivity contribution is 0.295. The summed E-state index contributed by atoms with van der Waals surface area (Å²) in [6, 6.07) is 0.755. The van der Waals surface area contributed by atoms with Crippen LogP contribution in [0.15, 0.2) is 0 Å². The van der Waals surface area contributed by atoms with Crippen LogP contribution < -0.4 is 5.32 Å². The molecule has 1 N–H and O–H groups in total. The summed E-state index contributed by atoms with van der Waals surface area (Å²) in [6.07, 6.45) is 8.25. The van der Waals surface area contributed by atoms with Gasteiger partial charge in [-0.15, -0.1) is 11.3 Å². The van der Waals surface area contributed by atoms with E-state index in [2.05, 4.69) is 24.1 Å². The second-order valence-corrected chi connectivity index (χ2v) is 7.68. The van der Waals surface area contributed by atoms with E-state index in [0.29, 0.717) is 0 Å². The highest BCUT2D eigenvalue weighted by molar-refractivity contribution is 7.11. The third-order valence-corrected chi connectivity index (χ3v) is 5.95. The van der Waals surface area contributed by atoms with Gasteiger partial charge < -0.3 is 5.32 Å². The van der Waals surface area contributed by atoms with Crippen LogP contribution in [0.2, 0.25) is 0 Å². The van der Waals surface area contributed by atoms with Crippen molar-refractivity contribution in [1.82, 2.24) is 15.2 Å². The minimum absolute atomic E-state index is 0.755. The van der Waals surface area contributed by atoms with Crippen molar-refractivity contribution in [1.29, 1.82) is 0 Å². The van der Waals surface area contributed by atoms with Crippen LogP contribution in [-0.2, 0) is 13.1 Å². The summed E-state index contributed by atoms with van der Waals surface area (Å²) in [7, 11) is 0. The normalized spacial score (nSPS) is 19.8. The van der Waals surface area contributed by atoms with Crippen LogP contribution in [0, 0.1) is 0 Å². The van der Waals surface area contributed by atoms with Crippen molar-refractivity contribution in [2.75, 3.05) is 13.1 Å². The van der Waals surface area contributed by atoms with E-state index >= 15 is 0 Å². The van der Waals surface area contributed by atoms with Crippen LogP contribution in [0.5, 0.6) is 0 Å². The summed E-state index contributed by atoms with van der Waals surface area (Å²) in [5.41, 5.74) is 1.42. The molecule has 0 amide bonds. The predicted molar refractivity (Wildman–Crippen MR) is 89.8 cm³/mol. The maximum absolute atomic E-state index is 4.99. The molecule has 1 aromatic rings. The second-order valence-electron chi connectivity index (χ2n) is 6.51. The van der Waals surface area contributed by atoms with Crippen molar-refractivity contribution in [2.24, 2.45) is 0 Å². The van der Waals surface area contributed by atoms with E-state index in [-0.39, 0.29) is 0 Å². The average molecular weight is 308 g/mol. The summed E-state index contributed by atoms with van der Waals surface area (Å²) in [4.78, 5) is 8.97. The Morgan fingerprint density at radius 1 is 1.14 bits per heavy atom.